The molecule has 0 saturated carbocycles. The molecule has 0 spiro atoms. The molecule has 0 fully saturated rings. The third kappa shape index (κ3) is 2.51. The normalized spacial score (nSPS) is 12.1. The molecule has 0 saturated heterocycles. The van der Waals surface area contributed by atoms with Crippen LogP contribution in [0.15, 0.2) is 0 Å². The molecule has 1 N–H and O–H groups in total. The summed E-state index contributed by atoms with van der Waals surface area (Å²) in [6.07, 6.45) is 0. The molecule has 84 valence electrons. The average molecular weight is 212 g/mol. The molecule has 0 aliphatic heterocycles. The zero-order valence-corrected chi connectivity index (χ0v) is 9.43. The van der Waals surface area contributed by atoms with E-state index in [9.17, 15) is 4.79 Å². The maximum Gasteiger partial charge on any atom is 0.310 e. The van der Waals surface area contributed by atoms with Crippen LogP contribution in [0.5, 0.6) is 0 Å². The summed E-state index contributed by atoms with van der Waals surface area (Å²) >= 11 is 0. The standard InChI is InChI=1S/C9H16N4O2/c1-6(2)7-10-11-12-13(7)5-9(3,4)8(14)15/h6H,5H2,1-4H3,(H,14,15). The Morgan fingerprint density at radius 3 is 2.60 bits per heavy atom. The van der Waals surface area contributed by atoms with Gasteiger partial charge in [0, 0.05) is 5.92 Å². The third-order valence-electron chi connectivity index (χ3n) is 2.20. The van der Waals surface area contributed by atoms with Crippen LogP contribution in [0.3, 0.4) is 0 Å². The Hall–Kier alpha value is -1.46. The highest BCUT2D eigenvalue weighted by Gasteiger charge is 2.29. The number of hydrogen-bond donors (Lipinski definition) is 1. The first-order valence-corrected chi connectivity index (χ1v) is 4.84. The van der Waals surface area contributed by atoms with Crippen LogP contribution in [0.4, 0.5) is 0 Å². The van der Waals surface area contributed by atoms with Crippen molar-refractivity contribution in [1.82, 2.24) is 20.2 Å². The van der Waals surface area contributed by atoms with E-state index in [1.807, 2.05) is 13.8 Å². The number of aliphatic carboxylic acids is 1. The molecule has 0 unspecified atom stereocenters. The second-order valence-electron chi connectivity index (χ2n) is 4.54. The minimum absolute atomic E-state index is 0.185. The van der Waals surface area contributed by atoms with Gasteiger partial charge in [0.1, 0.15) is 0 Å². The van der Waals surface area contributed by atoms with E-state index in [0.29, 0.717) is 5.82 Å². The maximum atomic E-state index is 10.9. The Labute approximate surface area is 88.3 Å². The third-order valence-corrected chi connectivity index (χ3v) is 2.20. The molecule has 0 aromatic carbocycles. The summed E-state index contributed by atoms with van der Waals surface area (Å²) < 4.78 is 1.55. The second-order valence-corrected chi connectivity index (χ2v) is 4.54. The fraction of sp³-hybridized carbons (Fsp3) is 0.778. The largest absolute Gasteiger partial charge is 0.481 e. The van der Waals surface area contributed by atoms with Crippen molar-refractivity contribution in [2.45, 2.75) is 40.2 Å². The van der Waals surface area contributed by atoms with Crippen molar-refractivity contribution in [3.8, 4) is 0 Å². The monoisotopic (exact) mass is 212 g/mol. The van der Waals surface area contributed by atoms with Gasteiger partial charge in [-0.3, -0.25) is 4.79 Å². The Morgan fingerprint density at radius 2 is 2.13 bits per heavy atom. The molecule has 0 radical (unpaired) electrons. The van der Waals surface area contributed by atoms with Gasteiger partial charge in [-0.05, 0) is 24.3 Å². The molecule has 0 amide bonds. The average Bonchev–Trinajstić information content (AvgIpc) is 2.51. The molecule has 0 bridgehead atoms. The molecule has 0 atom stereocenters. The highest BCUT2D eigenvalue weighted by atomic mass is 16.4. The van der Waals surface area contributed by atoms with Crippen LogP contribution in [0.25, 0.3) is 0 Å². The van der Waals surface area contributed by atoms with Crippen LogP contribution >= 0.6 is 0 Å². The van der Waals surface area contributed by atoms with E-state index in [-0.39, 0.29) is 12.5 Å². The van der Waals surface area contributed by atoms with Crippen LogP contribution in [-0.4, -0.2) is 31.3 Å². The van der Waals surface area contributed by atoms with E-state index < -0.39 is 11.4 Å². The van der Waals surface area contributed by atoms with E-state index >= 15 is 0 Å². The molecular formula is C9H16N4O2. The molecule has 15 heavy (non-hydrogen) atoms. The van der Waals surface area contributed by atoms with Crippen molar-refractivity contribution in [2.75, 3.05) is 0 Å². The van der Waals surface area contributed by atoms with Gasteiger partial charge in [-0.1, -0.05) is 13.8 Å². The molecule has 0 aliphatic carbocycles. The zero-order chi connectivity index (χ0) is 11.6. The van der Waals surface area contributed by atoms with Crippen molar-refractivity contribution in [1.29, 1.82) is 0 Å². The van der Waals surface area contributed by atoms with Gasteiger partial charge in [0.15, 0.2) is 5.82 Å². The first-order chi connectivity index (χ1) is 6.84. The summed E-state index contributed by atoms with van der Waals surface area (Å²) in [6.45, 7) is 7.52. The van der Waals surface area contributed by atoms with Crippen LogP contribution in [-0.2, 0) is 11.3 Å². The lowest BCUT2D eigenvalue weighted by atomic mass is 9.94. The Balaban J connectivity index is 2.90. The highest BCUT2D eigenvalue weighted by molar-refractivity contribution is 5.73. The Bertz CT molecular complexity index is 357. The highest BCUT2D eigenvalue weighted by Crippen LogP contribution is 2.20. The van der Waals surface area contributed by atoms with Gasteiger partial charge in [-0.15, -0.1) is 5.10 Å². The number of tetrazole rings is 1. The molecule has 1 aromatic heterocycles. The molecule has 0 aliphatic rings. The van der Waals surface area contributed by atoms with Gasteiger partial charge in [0.25, 0.3) is 0 Å². The minimum Gasteiger partial charge on any atom is -0.481 e. The fourth-order valence-corrected chi connectivity index (χ4v) is 1.18. The van der Waals surface area contributed by atoms with Crippen molar-refractivity contribution in [2.24, 2.45) is 5.41 Å². The van der Waals surface area contributed by atoms with Crippen LogP contribution in [0.1, 0.15) is 39.4 Å². The SMILES string of the molecule is CC(C)c1nnnn1CC(C)(C)C(=O)O. The molecule has 6 nitrogen and oxygen atoms in total. The van der Waals surface area contributed by atoms with Crippen molar-refractivity contribution in [3.05, 3.63) is 5.82 Å². The van der Waals surface area contributed by atoms with Gasteiger partial charge in [0.2, 0.25) is 0 Å². The molecule has 1 rings (SSSR count). The molecule has 1 aromatic rings. The summed E-state index contributed by atoms with van der Waals surface area (Å²) in [6, 6.07) is 0. The van der Waals surface area contributed by atoms with Gasteiger partial charge < -0.3 is 5.11 Å². The summed E-state index contributed by atoms with van der Waals surface area (Å²) in [5.41, 5.74) is -0.862. The second kappa shape index (κ2) is 3.96. The minimum atomic E-state index is -0.862. The van der Waals surface area contributed by atoms with E-state index in [1.165, 1.54) is 0 Å². The van der Waals surface area contributed by atoms with Gasteiger partial charge in [-0.25, -0.2) is 4.68 Å². The molecule has 1 heterocycles. The Morgan fingerprint density at radius 1 is 1.53 bits per heavy atom. The van der Waals surface area contributed by atoms with Gasteiger partial charge >= 0.3 is 5.97 Å². The first-order valence-electron chi connectivity index (χ1n) is 4.84. The summed E-state index contributed by atoms with van der Waals surface area (Å²) in [5, 5.41) is 20.2. The number of hydrogen-bond acceptors (Lipinski definition) is 4. The summed E-state index contributed by atoms with van der Waals surface area (Å²) in [4.78, 5) is 10.9. The number of carboxylic acids is 1. The summed E-state index contributed by atoms with van der Waals surface area (Å²) in [7, 11) is 0. The summed E-state index contributed by atoms with van der Waals surface area (Å²) in [5.74, 6) is 0.0432. The van der Waals surface area contributed by atoms with Crippen molar-refractivity contribution in [3.63, 3.8) is 0 Å². The number of rotatable bonds is 4. The van der Waals surface area contributed by atoms with Gasteiger partial charge in [0.05, 0.1) is 12.0 Å². The predicted octanol–water partition coefficient (Wildman–Crippen LogP) is 0.907. The van der Waals surface area contributed by atoms with Crippen molar-refractivity contribution < 1.29 is 9.90 Å². The predicted molar refractivity (Wildman–Crippen MR) is 53.3 cm³/mol. The number of aromatic nitrogens is 4. The smallest absolute Gasteiger partial charge is 0.310 e. The van der Waals surface area contributed by atoms with Gasteiger partial charge in [-0.2, -0.15) is 0 Å². The maximum absolute atomic E-state index is 10.9. The number of carbonyl (C=O) groups is 1. The van der Waals surface area contributed by atoms with E-state index in [4.69, 9.17) is 5.11 Å². The quantitative estimate of drug-likeness (QED) is 0.802. The first kappa shape index (κ1) is 11.6. The molecular weight excluding hydrogens is 196 g/mol. The zero-order valence-electron chi connectivity index (χ0n) is 9.43. The lowest BCUT2D eigenvalue weighted by Crippen LogP contribution is -2.30. The van der Waals surface area contributed by atoms with Crippen LogP contribution in [0, 0.1) is 5.41 Å². The number of nitrogens with zero attached hydrogens (tertiary/aromatic N) is 4. The van der Waals surface area contributed by atoms with Crippen LogP contribution in [0.2, 0.25) is 0 Å². The topological polar surface area (TPSA) is 80.9 Å². The van der Waals surface area contributed by atoms with E-state index in [2.05, 4.69) is 15.5 Å². The van der Waals surface area contributed by atoms with E-state index in [1.54, 1.807) is 18.5 Å². The fourth-order valence-electron chi connectivity index (χ4n) is 1.18. The lowest BCUT2D eigenvalue weighted by molar-refractivity contribution is -0.147. The van der Waals surface area contributed by atoms with Crippen LogP contribution < -0.4 is 0 Å². The van der Waals surface area contributed by atoms with E-state index in [0.717, 1.165) is 0 Å². The Kier molecular flexibility index (Phi) is 3.06. The number of carboxylic acid groups (broad SMARTS) is 1. The van der Waals surface area contributed by atoms with Crippen molar-refractivity contribution >= 4 is 5.97 Å². The molecule has 6 heteroatoms. The lowest BCUT2D eigenvalue weighted by Gasteiger charge is -2.19.